The summed E-state index contributed by atoms with van der Waals surface area (Å²) in [5, 5.41) is 0. The van der Waals surface area contributed by atoms with Gasteiger partial charge in [-0.1, -0.05) is 6.07 Å². The Morgan fingerprint density at radius 1 is 1.20 bits per heavy atom. The molecule has 25 heavy (non-hydrogen) atoms. The van der Waals surface area contributed by atoms with Crippen LogP contribution in [0.25, 0.3) is 6.08 Å². The van der Waals surface area contributed by atoms with Crippen molar-refractivity contribution in [3.63, 3.8) is 0 Å². The fourth-order valence-electron chi connectivity index (χ4n) is 5.78. The average molecular weight is 404 g/mol. The standard InChI is InChI=1S/C21H26BrNO2/c1-23(21-11-15-7-16(12-21)9-17(8-15)13-21)20(24)6-4-14-3-5-19(25-2)18(22)10-14/h3-6,10,15-17H,7-9,11-13H2,1-2H3. The van der Waals surface area contributed by atoms with Gasteiger partial charge in [-0.05, 0) is 96.0 Å². The van der Waals surface area contributed by atoms with E-state index in [0.717, 1.165) is 33.5 Å². The van der Waals surface area contributed by atoms with Gasteiger partial charge < -0.3 is 9.64 Å². The predicted molar refractivity (Wildman–Crippen MR) is 103 cm³/mol. The molecule has 5 rings (SSSR count). The SMILES string of the molecule is COc1ccc(C=CC(=O)N(C)C23CC4CC(CC(C4)C2)C3)cc1Br. The minimum Gasteiger partial charge on any atom is -0.496 e. The zero-order valence-electron chi connectivity index (χ0n) is 15.0. The lowest BCUT2D eigenvalue weighted by Gasteiger charge is -2.59. The highest BCUT2D eigenvalue weighted by molar-refractivity contribution is 9.10. The van der Waals surface area contributed by atoms with Crippen LogP contribution in [-0.4, -0.2) is 30.5 Å². The lowest BCUT2D eigenvalue weighted by Crippen LogP contribution is -2.60. The van der Waals surface area contributed by atoms with E-state index in [4.69, 9.17) is 4.74 Å². The predicted octanol–water partition coefficient (Wildman–Crippen LogP) is 4.90. The van der Waals surface area contributed by atoms with Gasteiger partial charge in [-0.25, -0.2) is 0 Å². The first-order valence-corrected chi connectivity index (χ1v) is 10.1. The van der Waals surface area contributed by atoms with Crippen LogP contribution in [0.2, 0.25) is 0 Å². The molecule has 0 spiro atoms. The van der Waals surface area contributed by atoms with Crippen molar-refractivity contribution in [3.8, 4) is 5.75 Å². The molecular weight excluding hydrogens is 378 g/mol. The van der Waals surface area contributed by atoms with Crippen LogP contribution in [-0.2, 0) is 4.79 Å². The van der Waals surface area contributed by atoms with Crippen molar-refractivity contribution >= 4 is 27.9 Å². The van der Waals surface area contributed by atoms with E-state index < -0.39 is 0 Å². The number of methoxy groups -OCH3 is 1. The summed E-state index contributed by atoms with van der Waals surface area (Å²) in [6.07, 6.45) is 11.5. The minimum atomic E-state index is 0.122. The second kappa shape index (κ2) is 6.46. The van der Waals surface area contributed by atoms with Crippen molar-refractivity contribution < 1.29 is 9.53 Å². The molecule has 1 amide bonds. The van der Waals surface area contributed by atoms with Gasteiger partial charge in [-0.3, -0.25) is 4.79 Å². The summed E-state index contributed by atoms with van der Waals surface area (Å²) >= 11 is 3.50. The number of hydrogen-bond acceptors (Lipinski definition) is 2. The van der Waals surface area contributed by atoms with Gasteiger partial charge in [-0.15, -0.1) is 0 Å². The number of amides is 1. The van der Waals surface area contributed by atoms with Crippen molar-refractivity contribution in [2.45, 2.75) is 44.1 Å². The van der Waals surface area contributed by atoms with Gasteiger partial charge in [-0.2, -0.15) is 0 Å². The molecule has 4 bridgehead atoms. The Morgan fingerprint density at radius 2 is 1.80 bits per heavy atom. The number of carbonyl (C=O) groups is 1. The zero-order chi connectivity index (χ0) is 17.6. The summed E-state index contributed by atoms with van der Waals surface area (Å²) in [7, 11) is 3.67. The number of benzene rings is 1. The first-order chi connectivity index (χ1) is 12.0. The smallest absolute Gasteiger partial charge is 0.246 e. The maximum atomic E-state index is 12.8. The third kappa shape index (κ3) is 3.14. The molecule has 4 aliphatic rings. The van der Waals surface area contributed by atoms with E-state index in [1.54, 1.807) is 13.2 Å². The number of carbonyl (C=O) groups excluding carboxylic acids is 1. The fourth-order valence-corrected chi connectivity index (χ4v) is 6.33. The molecular formula is C21H26BrNO2. The number of halogens is 1. The van der Waals surface area contributed by atoms with Gasteiger partial charge in [0.2, 0.25) is 5.91 Å². The Kier molecular flexibility index (Phi) is 4.43. The van der Waals surface area contributed by atoms with Gasteiger partial charge in [0.05, 0.1) is 11.6 Å². The van der Waals surface area contributed by atoms with Crippen LogP contribution in [0.3, 0.4) is 0 Å². The highest BCUT2D eigenvalue weighted by Crippen LogP contribution is 2.57. The largest absolute Gasteiger partial charge is 0.496 e. The minimum absolute atomic E-state index is 0.122. The number of rotatable bonds is 4. The lowest BCUT2D eigenvalue weighted by atomic mass is 9.52. The van der Waals surface area contributed by atoms with Gasteiger partial charge in [0.1, 0.15) is 5.75 Å². The summed E-state index contributed by atoms with van der Waals surface area (Å²) in [5.74, 6) is 3.48. The molecule has 1 aromatic carbocycles. The number of ether oxygens (including phenoxy) is 1. The Bertz CT molecular complexity index is 677. The Morgan fingerprint density at radius 3 is 2.32 bits per heavy atom. The van der Waals surface area contributed by atoms with Crippen LogP contribution in [0, 0.1) is 17.8 Å². The van der Waals surface area contributed by atoms with Crippen LogP contribution >= 0.6 is 15.9 Å². The van der Waals surface area contributed by atoms with Crippen LogP contribution in [0.1, 0.15) is 44.1 Å². The van der Waals surface area contributed by atoms with Gasteiger partial charge in [0.15, 0.2) is 0 Å². The number of likely N-dealkylation sites (N-methyl/N-ethyl adjacent to an activating group) is 1. The molecule has 0 atom stereocenters. The molecule has 4 fully saturated rings. The molecule has 4 saturated carbocycles. The molecule has 134 valence electrons. The summed E-state index contributed by atoms with van der Waals surface area (Å²) in [6, 6.07) is 5.86. The first-order valence-electron chi connectivity index (χ1n) is 9.28. The van der Waals surface area contributed by atoms with Crippen molar-refractivity contribution in [2.24, 2.45) is 17.8 Å². The van der Waals surface area contributed by atoms with Crippen molar-refractivity contribution in [1.29, 1.82) is 0 Å². The van der Waals surface area contributed by atoms with Crippen LogP contribution < -0.4 is 4.74 Å². The second-order valence-electron chi connectivity index (χ2n) is 8.27. The van der Waals surface area contributed by atoms with E-state index >= 15 is 0 Å². The Labute approximate surface area is 158 Å². The monoisotopic (exact) mass is 403 g/mol. The molecule has 0 aromatic heterocycles. The molecule has 0 heterocycles. The molecule has 1 aromatic rings. The number of hydrogen-bond donors (Lipinski definition) is 0. The molecule has 3 nitrogen and oxygen atoms in total. The summed E-state index contributed by atoms with van der Waals surface area (Å²) in [4.78, 5) is 14.9. The van der Waals surface area contributed by atoms with E-state index in [1.807, 2.05) is 31.3 Å². The fraction of sp³-hybridized carbons (Fsp3) is 0.571. The topological polar surface area (TPSA) is 29.5 Å². The van der Waals surface area contributed by atoms with Crippen molar-refractivity contribution in [1.82, 2.24) is 4.90 Å². The van der Waals surface area contributed by atoms with E-state index in [0.29, 0.717) is 0 Å². The maximum Gasteiger partial charge on any atom is 0.246 e. The summed E-state index contributed by atoms with van der Waals surface area (Å²) in [6.45, 7) is 0. The number of nitrogens with zero attached hydrogens (tertiary/aromatic N) is 1. The van der Waals surface area contributed by atoms with Crippen molar-refractivity contribution in [2.75, 3.05) is 14.2 Å². The second-order valence-corrected chi connectivity index (χ2v) is 9.12. The Balaban J connectivity index is 1.48. The van der Waals surface area contributed by atoms with E-state index in [2.05, 4.69) is 20.8 Å². The van der Waals surface area contributed by atoms with Crippen LogP contribution in [0.15, 0.2) is 28.7 Å². The third-order valence-corrected chi connectivity index (χ3v) is 7.26. The third-order valence-electron chi connectivity index (χ3n) is 6.64. The Hall–Kier alpha value is -1.29. The van der Waals surface area contributed by atoms with Crippen LogP contribution in [0.5, 0.6) is 5.75 Å². The highest BCUT2D eigenvalue weighted by atomic mass is 79.9. The molecule has 0 saturated heterocycles. The van der Waals surface area contributed by atoms with E-state index in [9.17, 15) is 4.79 Å². The lowest BCUT2D eigenvalue weighted by molar-refractivity contribution is -0.142. The molecule has 0 N–H and O–H groups in total. The molecule has 4 aliphatic carbocycles. The zero-order valence-corrected chi connectivity index (χ0v) is 16.6. The molecule has 0 unspecified atom stereocenters. The summed E-state index contributed by atoms with van der Waals surface area (Å²) in [5.41, 5.74) is 1.12. The van der Waals surface area contributed by atoms with Gasteiger partial charge in [0, 0.05) is 18.7 Å². The average Bonchev–Trinajstić information content (AvgIpc) is 2.58. The summed E-state index contributed by atoms with van der Waals surface area (Å²) < 4.78 is 6.16. The highest BCUT2D eigenvalue weighted by Gasteiger charge is 2.53. The van der Waals surface area contributed by atoms with E-state index in [-0.39, 0.29) is 11.4 Å². The molecule has 0 radical (unpaired) electrons. The van der Waals surface area contributed by atoms with Crippen molar-refractivity contribution in [3.05, 3.63) is 34.3 Å². The maximum absolute atomic E-state index is 12.8. The van der Waals surface area contributed by atoms with Gasteiger partial charge in [0.25, 0.3) is 0 Å². The first kappa shape index (κ1) is 17.1. The van der Waals surface area contributed by atoms with Gasteiger partial charge >= 0.3 is 0 Å². The quantitative estimate of drug-likeness (QED) is 0.669. The molecule has 0 aliphatic heterocycles. The van der Waals surface area contributed by atoms with E-state index in [1.165, 1.54) is 38.5 Å². The normalized spacial score (nSPS) is 33.0. The molecule has 4 heteroatoms. The van der Waals surface area contributed by atoms with Crippen LogP contribution in [0.4, 0.5) is 0 Å².